The minimum absolute atomic E-state index is 0.184. The van der Waals surface area contributed by atoms with Gasteiger partial charge in [0.1, 0.15) is 5.82 Å². The van der Waals surface area contributed by atoms with Gasteiger partial charge < -0.3 is 19.9 Å². The van der Waals surface area contributed by atoms with Crippen molar-refractivity contribution in [1.82, 2.24) is 24.3 Å². The predicted molar refractivity (Wildman–Crippen MR) is 114 cm³/mol. The Morgan fingerprint density at radius 3 is 2.58 bits per heavy atom. The molecular formula is C23H27F3N6O. The van der Waals surface area contributed by atoms with E-state index in [-0.39, 0.29) is 11.4 Å². The Balaban J connectivity index is 1.19. The zero-order valence-electron chi connectivity index (χ0n) is 18.4. The molecule has 0 amide bonds. The molecule has 2 aromatic rings. The smallest absolute Gasteiger partial charge is 0.402 e. The summed E-state index contributed by atoms with van der Waals surface area (Å²) in [5, 5.41) is 0. The maximum Gasteiger partial charge on any atom is 0.573 e. The van der Waals surface area contributed by atoms with Gasteiger partial charge in [-0.3, -0.25) is 4.90 Å². The van der Waals surface area contributed by atoms with Crippen LogP contribution in [-0.4, -0.2) is 70.0 Å². The van der Waals surface area contributed by atoms with Gasteiger partial charge in [-0.15, -0.1) is 13.2 Å². The van der Waals surface area contributed by atoms with Gasteiger partial charge in [0.15, 0.2) is 11.6 Å². The second kappa shape index (κ2) is 6.41. The van der Waals surface area contributed by atoms with Gasteiger partial charge in [-0.25, -0.2) is 9.97 Å². The molecule has 33 heavy (non-hydrogen) atoms. The number of hydrogen-bond acceptors (Lipinski definition) is 6. The monoisotopic (exact) mass is 460 g/mol. The molecule has 2 aromatic heterocycles. The molecule has 5 aliphatic carbocycles. The van der Waals surface area contributed by atoms with Gasteiger partial charge in [0.2, 0.25) is 0 Å². The van der Waals surface area contributed by atoms with Crippen LogP contribution in [0.4, 0.5) is 19.0 Å². The second-order valence-electron chi connectivity index (χ2n) is 10.5. The molecule has 2 bridgehead atoms. The number of nitrogen functional groups attached to an aromatic ring is 1. The number of aromatic nitrogens is 3. The number of anilines is 1. The highest BCUT2D eigenvalue weighted by molar-refractivity contribution is 5.64. The first-order chi connectivity index (χ1) is 15.8. The second-order valence-corrected chi connectivity index (χ2v) is 10.5. The van der Waals surface area contributed by atoms with Gasteiger partial charge in [-0.1, -0.05) is 0 Å². The molecule has 0 aromatic carbocycles. The van der Waals surface area contributed by atoms with Crippen LogP contribution in [0, 0.1) is 17.8 Å². The number of ether oxygens (including phenoxy) is 1. The van der Waals surface area contributed by atoms with E-state index in [1.54, 1.807) is 0 Å². The molecule has 5 saturated carbocycles. The van der Waals surface area contributed by atoms with E-state index in [1.165, 1.54) is 18.7 Å². The number of halogens is 3. The summed E-state index contributed by atoms with van der Waals surface area (Å²) in [5.41, 5.74) is 6.96. The lowest BCUT2D eigenvalue weighted by atomic mass is 10.1. The van der Waals surface area contributed by atoms with E-state index in [0.717, 1.165) is 50.8 Å². The fraction of sp³-hybridized carbons (Fsp3) is 0.652. The van der Waals surface area contributed by atoms with Crippen molar-refractivity contribution in [3.8, 4) is 17.0 Å². The van der Waals surface area contributed by atoms with E-state index >= 15 is 0 Å². The number of nitrogens with two attached hydrogens (primary N) is 1. The first-order valence-corrected chi connectivity index (χ1v) is 11.8. The molecule has 176 valence electrons. The fourth-order valence-electron chi connectivity index (χ4n) is 6.92. The molecule has 6 fully saturated rings. The number of alkyl halides is 3. The van der Waals surface area contributed by atoms with Crippen LogP contribution in [-0.2, 0) is 5.54 Å². The summed E-state index contributed by atoms with van der Waals surface area (Å²) in [6.07, 6.45) is 2.21. The normalized spacial score (nSPS) is 35.5. The van der Waals surface area contributed by atoms with Gasteiger partial charge in [0.05, 0.1) is 11.2 Å². The van der Waals surface area contributed by atoms with Crippen LogP contribution in [0.2, 0.25) is 0 Å². The average molecular weight is 461 g/mol. The third-order valence-corrected chi connectivity index (χ3v) is 8.68. The number of likely N-dealkylation sites (N-methyl/N-ethyl adjacent to an activating group) is 1. The van der Waals surface area contributed by atoms with Gasteiger partial charge in [0, 0.05) is 62.0 Å². The largest absolute Gasteiger partial charge is 0.573 e. The highest BCUT2D eigenvalue weighted by Crippen LogP contribution is 2.89. The van der Waals surface area contributed by atoms with Gasteiger partial charge in [-0.2, -0.15) is 0 Å². The maximum atomic E-state index is 12.8. The first kappa shape index (κ1) is 20.1. The molecule has 10 heteroatoms. The Kier molecular flexibility index (Phi) is 3.90. The predicted octanol–water partition coefficient (Wildman–Crippen LogP) is 2.89. The van der Waals surface area contributed by atoms with Crippen LogP contribution in [0.5, 0.6) is 5.75 Å². The van der Waals surface area contributed by atoms with Crippen molar-refractivity contribution < 1.29 is 17.9 Å². The highest BCUT2D eigenvalue weighted by atomic mass is 19.4. The quantitative estimate of drug-likeness (QED) is 0.740. The number of hydrogen-bond donors (Lipinski definition) is 1. The Bertz CT molecular complexity index is 1120. The van der Waals surface area contributed by atoms with Crippen molar-refractivity contribution in [3.05, 3.63) is 24.3 Å². The van der Waals surface area contributed by atoms with E-state index in [9.17, 15) is 13.2 Å². The third kappa shape index (κ3) is 2.89. The summed E-state index contributed by atoms with van der Waals surface area (Å²) in [6.45, 7) is 4.52. The van der Waals surface area contributed by atoms with Gasteiger partial charge in [0.25, 0.3) is 0 Å². The average Bonchev–Trinajstić information content (AvgIpc) is 3.71. The molecule has 6 aliphatic rings. The summed E-state index contributed by atoms with van der Waals surface area (Å²) in [7, 11) is 2.19. The van der Waals surface area contributed by atoms with E-state index < -0.39 is 12.1 Å². The summed E-state index contributed by atoms with van der Waals surface area (Å²) in [6, 6.07) is 1.95. The number of fused-ring (bicyclic) bond motifs is 1. The number of imidazole rings is 1. The lowest BCUT2D eigenvalue weighted by molar-refractivity contribution is -0.274. The number of rotatable bonds is 5. The summed E-state index contributed by atoms with van der Waals surface area (Å²) in [4.78, 5) is 13.9. The zero-order chi connectivity index (χ0) is 22.7. The standard InChI is InChI=1S/C23H27F3N6O/c1-30-4-6-31(7-5-30)16-9-14-18-19(16)22(14,18)32-11-15(29-21(32)12-2-3-12)13-8-17(20(27)28-10-13)33-23(24,25)26/h8,10-12,14,16,18-19H,2-7,9H2,1H3,(H2,27,28)/t14-,16?,18-,19?,22-/m0/s1. The molecule has 1 saturated heterocycles. The molecule has 0 radical (unpaired) electrons. The van der Waals surface area contributed by atoms with Crippen molar-refractivity contribution in [3.63, 3.8) is 0 Å². The van der Waals surface area contributed by atoms with Crippen LogP contribution >= 0.6 is 0 Å². The molecule has 1 aliphatic heterocycles. The zero-order valence-corrected chi connectivity index (χ0v) is 18.4. The number of nitrogens with zero attached hydrogens (tertiary/aromatic N) is 5. The highest BCUT2D eigenvalue weighted by Gasteiger charge is 2.94. The third-order valence-electron chi connectivity index (χ3n) is 8.68. The summed E-state index contributed by atoms with van der Waals surface area (Å²) in [5.74, 6) is 2.90. The van der Waals surface area contributed by atoms with Crippen molar-refractivity contribution in [1.29, 1.82) is 0 Å². The minimum Gasteiger partial charge on any atom is -0.402 e. The van der Waals surface area contributed by atoms with Gasteiger partial charge >= 0.3 is 6.36 Å². The van der Waals surface area contributed by atoms with Crippen molar-refractivity contribution >= 4 is 5.82 Å². The lowest BCUT2D eigenvalue weighted by Crippen LogP contribution is -2.49. The lowest BCUT2D eigenvalue weighted by Gasteiger charge is -2.36. The number of piperazine rings is 1. The minimum atomic E-state index is -4.82. The van der Waals surface area contributed by atoms with Crippen molar-refractivity contribution in [2.75, 3.05) is 39.0 Å². The Hall–Kier alpha value is -2.33. The van der Waals surface area contributed by atoms with Crippen molar-refractivity contribution in [2.24, 2.45) is 17.8 Å². The van der Waals surface area contributed by atoms with E-state index in [2.05, 4.69) is 37.3 Å². The molecular weight excluding hydrogens is 433 g/mol. The SMILES string of the molecule is CN1CCN(C2C[C@H]3[C@H]4C2[C@@]43n2cc(-c3cnc(N)c(OC(F)(F)F)c3)nc2C2CC2)CC1. The summed E-state index contributed by atoms with van der Waals surface area (Å²) < 4.78 is 44.8. The van der Waals surface area contributed by atoms with Crippen LogP contribution in [0.3, 0.4) is 0 Å². The molecule has 3 heterocycles. The molecule has 8 rings (SSSR count). The molecule has 0 spiro atoms. The van der Waals surface area contributed by atoms with Crippen LogP contribution < -0.4 is 10.5 Å². The van der Waals surface area contributed by atoms with Crippen molar-refractivity contribution in [2.45, 2.75) is 43.1 Å². The number of pyridine rings is 1. The van der Waals surface area contributed by atoms with E-state index in [1.807, 2.05) is 0 Å². The summed E-state index contributed by atoms with van der Waals surface area (Å²) >= 11 is 0. The molecule has 2 unspecified atom stereocenters. The topological polar surface area (TPSA) is 72.4 Å². The fourth-order valence-corrected chi connectivity index (χ4v) is 6.92. The van der Waals surface area contributed by atoms with Crippen LogP contribution in [0.1, 0.15) is 31.0 Å². The van der Waals surface area contributed by atoms with E-state index in [0.29, 0.717) is 35.1 Å². The Labute approximate surface area is 189 Å². The molecule has 7 nitrogen and oxygen atoms in total. The first-order valence-electron chi connectivity index (χ1n) is 11.8. The Morgan fingerprint density at radius 1 is 1.15 bits per heavy atom. The van der Waals surface area contributed by atoms with Gasteiger partial charge in [-0.05, 0) is 44.2 Å². The Morgan fingerprint density at radius 2 is 1.91 bits per heavy atom. The molecule has 5 atom stereocenters. The van der Waals surface area contributed by atoms with E-state index in [4.69, 9.17) is 10.7 Å². The maximum absolute atomic E-state index is 12.8. The van der Waals surface area contributed by atoms with Crippen LogP contribution in [0.25, 0.3) is 11.3 Å². The van der Waals surface area contributed by atoms with Crippen LogP contribution in [0.15, 0.2) is 18.5 Å². The molecule has 2 N–H and O–H groups in total.